The molecule has 126 valence electrons. The molecule has 1 aromatic carbocycles. The molecule has 2 rings (SSSR count). The van der Waals surface area contributed by atoms with Crippen LogP contribution in [-0.4, -0.2) is 29.6 Å². The molecule has 9 heteroatoms. The molecule has 0 amide bonds. The van der Waals surface area contributed by atoms with E-state index in [-0.39, 0.29) is 26.5 Å². The summed E-state index contributed by atoms with van der Waals surface area (Å²) in [6.45, 7) is 4.78. The van der Waals surface area contributed by atoms with E-state index in [1.165, 1.54) is 23.5 Å². The van der Waals surface area contributed by atoms with Gasteiger partial charge in [0.25, 0.3) is 0 Å². The van der Waals surface area contributed by atoms with Crippen molar-refractivity contribution >= 4 is 44.8 Å². The summed E-state index contributed by atoms with van der Waals surface area (Å²) in [5.41, 5.74) is 1.75. The summed E-state index contributed by atoms with van der Waals surface area (Å²) < 4.78 is 28.5. The van der Waals surface area contributed by atoms with Crippen LogP contribution in [-0.2, 0) is 23.1 Å². The smallest absolute Gasteiger partial charge is 0.244 e. The van der Waals surface area contributed by atoms with Crippen LogP contribution in [0.5, 0.6) is 0 Å². The molecule has 0 spiro atoms. The highest BCUT2D eigenvalue weighted by molar-refractivity contribution is 7.89. The van der Waals surface area contributed by atoms with Gasteiger partial charge in [0.2, 0.25) is 10.0 Å². The maximum Gasteiger partial charge on any atom is 0.244 e. The van der Waals surface area contributed by atoms with Gasteiger partial charge >= 0.3 is 0 Å². The molecule has 0 fully saturated rings. The van der Waals surface area contributed by atoms with E-state index in [1.54, 1.807) is 6.20 Å². The van der Waals surface area contributed by atoms with Gasteiger partial charge in [-0.05, 0) is 26.0 Å². The molecule has 0 aliphatic heterocycles. The first-order valence-electron chi connectivity index (χ1n) is 6.80. The molecule has 0 atom stereocenters. The van der Waals surface area contributed by atoms with E-state index >= 15 is 0 Å². The van der Waals surface area contributed by atoms with E-state index in [4.69, 9.17) is 34.8 Å². The standard InChI is InChI=1S/C14H16Cl3N3O2S/c1-4-20-9(2)10(7-18-20)8-19(3)23(21,22)14-6-12(16)11(15)5-13(14)17/h5-7H,4,8H2,1-3H3. The molecule has 0 saturated carbocycles. The highest BCUT2D eigenvalue weighted by Gasteiger charge is 2.26. The lowest BCUT2D eigenvalue weighted by atomic mass is 10.2. The van der Waals surface area contributed by atoms with Crippen LogP contribution >= 0.6 is 34.8 Å². The Morgan fingerprint density at radius 1 is 1.17 bits per heavy atom. The first kappa shape index (κ1) is 18.5. The summed E-state index contributed by atoms with van der Waals surface area (Å²) >= 11 is 17.8. The Labute approximate surface area is 150 Å². The summed E-state index contributed by atoms with van der Waals surface area (Å²) in [6.07, 6.45) is 1.67. The molecular weight excluding hydrogens is 381 g/mol. The molecular formula is C14H16Cl3N3O2S. The van der Waals surface area contributed by atoms with Crippen LogP contribution < -0.4 is 0 Å². The second-order valence-corrected chi connectivity index (χ2v) is 8.26. The Kier molecular flexibility index (Phi) is 5.63. The van der Waals surface area contributed by atoms with E-state index < -0.39 is 10.0 Å². The van der Waals surface area contributed by atoms with E-state index in [9.17, 15) is 8.42 Å². The van der Waals surface area contributed by atoms with Gasteiger partial charge in [0.1, 0.15) is 4.90 Å². The number of sulfonamides is 1. The minimum absolute atomic E-state index is 0.0345. The van der Waals surface area contributed by atoms with Crippen molar-refractivity contribution in [1.82, 2.24) is 14.1 Å². The fraction of sp³-hybridized carbons (Fsp3) is 0.357. The summed E-state index contributed by atoms with van der Waals surface area (Å²) in [4.78, 5) is -0.0726. The van der Waals surface area contributed by atoms with Crippen LogP contribution in [0.2, 0.25) is 15.1 Å². The quantitative estimate of drug-likeness (QED) is 0.718. The van der Waals surface area contributed by atoms with Crippen molar-refractivity contribution in [1.29, 1.82) is 0 Å². The summed E-state index contributed by atoms with van der Waals surface area (Å²) in [7, 11) is -2.32. The molecule has 0 radical (unpaired) electrons. The third-order valence-electron chi connectivity index (χ3n) is 3.56. The van der Waals surface area contributed by atoms with Crippen molar-refractivity contribution in [3.63, 3.8) is 0 Å². The summed E-state index contributed by atoms with van der Waals surface area (Å²) in [5, 5.41) is 4.59. The van der Waals surface area contributed by atoms with E-state index in [0.29, 0.717) is 0 Å². The van der Waals surface area contributed by atoms with Crippen molar-refractivity contribution in [2.24, 2.45) is 0 Å². The van der Waals surface area contributed by atoms with Crippen LogP contribution in [0.3, 0.4) is 0 Å². The minimum atomic E-state index is -3.80. The zero-order valence-corrected chi connectivity index (χ0v) is 15.9. The number of benzene rings is 1. The Morgan fingerprint density at radius 3 is 2.35 bits per heavy atom. The lowest BCUT2D eigenvalue weighted by Gasteiger charge is -2.18. The second-order valence-electron chi connectivity index (χ2n) is 5.03. The molecule has 1 heterocycles. The van der Waals surface area contributed by atoms with Gasteiger partial charge in [-0.25, -0.2) is 8.42 Å². The minimum Gasteiger partial charge on any atom is -0.270 e. The first-order valence-corrected chi connectivity index (χ1v) is 9.38. The van der Waals surface area contributed by atoms with Gasteiger partial charge in [0, 0.05) is 31.4 Å². The monoisotopic (exact) mass is 395 g/mol. The van der Waals surface area contributed by atoms with Crippen molar-refractivity contribution in [2.45, 2.75) is 31.8 Å². The lowest BCUT2D eigenvalue weighted by Crippen LogP contribution is -2.27. The molecule has 5 nitrogen and oxygen atoms in total. The predicted octanol–water partition coefficient (Wildman–Crippen LogP) is 3.99. The fourth-order valence-electron chi connectivity index (χ4n) is 2.15. The summed E-state index contributed by atoms with van der Waals surface area (Å²) in [6, 6.07) is 2.59. The van der Waals surface area contributed by atoms with Gasteiger partial charge in [0.15, 0.2) is 0 Å². The SMILES string of the molecule is CCn1ncc(CN(C)S(=O)(=O)c2cc(Cl)c(Cl)cc2Cl)c1C. The Hall–Kier alpha value is -0.790. The number of hydrogen-bond donors (Lipinski definition) is 0. The molecule has 0 bridgehead atoms. The largest absolute Gasteiger partial charge is 0.270 e. The molecule has 0 N–H and O–H groups in total. The summed E-state index contributed by atoms with van der Waals surface area (Å²) in [5.74, 6) is 0. The number of aromatic nitrogens is 2. The van der Waals surface area contributed by atoms with E-state index in [0.717, 1.165) is 17.8 Å². The topological polar surface area (TPSA) is 55.2 Å². The molecule has 0 unspecified atom stereocenters. The molecule has 0 aliphatic rings. The van der Waals surface area contributed by atoms with Crippen molar-refractivity contribution in [3.05, 3.63) is 44.7 Å². The van der Waals surface area contributed by atoms with E-state index in [1.807, 2.05) is 18.5 Å². The molecule has 0 saturated heterocycles. The van der Waals surface area contributed by atoms with Crippen molar-refractivity contribution < 1.29 is 8.42 Å². The van der Waals surface area contributed by atoms with Gasteiger partial charge in [0.05, 0.1) is 21.3 Å². The van der Waals surface area contributed by atoms with Crippen LogP contribution in [0, 0.1) is 6.92 Å². The Balaban J connectivity index is 2.35. The van der Waals surface area contributed by atoms with Crippen molar-refractivity contribution in [2.75, 3.05) is 7.05 Å². The normalized spacial score (nSPS) is 12.1. The van der Waals surface area contributed by atoms with Gasteiger partial charge in [-0.1, -0.05) is 34.8 Å². The predicted molar refractivity (Wildman–Crippen MR) is 92.8 cm³/mol. The molecule has 23 heavy (non-hydrogen) atoms. The average molecular weight is 397 g/mol. The van der Waals surface area contributed by atoms with Gasteiger partial charge in [-0.3, -0.25) is 4.68 Å². The Bertz CT molecular complexity index is 834. The maximum absolute atomic E-state index is 12.7. The first-order chi connectivity index (χ1) is 10.7. The number of rotatable bonds is 5. The second kappa shape index (κ2) is 6.99. The Morgan fingerprint density at radius 2 is 1.78 bits per heavy atom. The third kappa shape index (κ3) is 3.67. The van der Waals surface area contributed by atoms with E-state index in [2.05, 4.69) is 5.10 Å². The van der Waals surface area contributed by atoms with Gasteiger partial charge in [-0.2, -0.15) is 9.40 Å². The zero-order chi connectivity index (χ0) is 17.4. The molecule has 1 aromatic heterocycles. The molecule has 2 aromatic rings. The van der Waals surface area contributed by atoms with Crippen molar-refractivity contribution in [3.8, 4) is 0 Å². The lowest BCUT2D eigenvalue weighted by molar-refractivity contribution is 0.465. The number of aryl methyl sites for hydroxylation is 1. The average Bonchev–Trinajstić information content (AvgIpc) is 2.83. The van der Waals surface area contributed by atoms with Crippen LogP contribution in [0.4, 0.5) is 0 Å². The zero-order valence-electron chi connectivity index (χ0n) is 12.8. The third-order valence-corrected chi connectivity index (χ3v) is 6.55. The molecule has 0 aliphatic carbocycles. The fourth-order valence-corrected chi connectivity index (χ4v) is 4.27. The van der Waals surface area contributed by atoms with Gasteiger partial charge in [-0.15, -0.1) is 0 Å². The number of nitrogens with zero attached hydrogens (tertiary/aromatic N) is 3. The number of hydrogen-bond acceptors (Lipinski definition) is 3. The number of halogens is 3. The highest BCUT2D eigenvalue weighted by Crippen LogP contribution is 2.33. The van der Waals surface area contributed by atoms with Gasteiger partial charge < -0.3 is 0 Å². The van der Waals surface area contributed by atoms with Crippen LogP contribution in [0.25, 0.3) is 0 Å². The van der Waals surface area contributed by atoms with Crippen LogP contribution in [0.1, 0.15) is 18.2 Å². The van der Waals surface area contributed by atoms with Crippen LogP contribution in [0.15, 0.2) is 23.2 Å². The highest BCUT2D eigenvalue weighted by atomic mass is 35.5. The maximum atomic E-state index is 12.7.